The summed E-state index contributed by atoms with van der Waals surface area (Å²) in [6.45, 7) is 9.18. The van der Waals surface area contributed by atoms with Crippen molar-refractivity contribution in [3.8, 4) is 0 Å². The van der Waals surface area contributed by atoms with Crippen LogP contribution in [-0.2, 0) is 20.8 Å². The first-order valence-electron chi connectivity index (χ1n) is 9.49. The van der Waals surface area contributed by atoms with Gasteiger partial charge in [-0.1, -0.05) is 0 Å². The van der Waals surface area contributed by atoms with Crippen LogP contribution >= 0.6 is 0 Å². The monoisotopic (exact) mass is 366 g/mol. The van der Waals surface area contributed by atoms with E-state index in [0.29, 0.717) is 44.7 Å². The van der Waals surface area contributed by atoms with E-state index in [4.69, 9.17) is 9.47 Å². The van der Waals surface area contributed by atoms with Gasteiger partial charge in [0.05, 0.1) is 26.3 Å². The Kier molecular flexibility index (Phi) is 6.55. The Balaban J connectivity index is 1.58. The number of likely N-dealkylation sites (tertiary alicyclic amines) is 1. The minimum absolute atomic E-state index is 0.119. The Labute approximate surface area is 154 Å². The van der Waals surface area contributed by atoms with E-state index in [1.807, 2.05) is 4.90 Å². The smallest absolute Gasteiger partial charge is 0.225 e. The number of rotatable bonds is 6. The van der Waals surface area contributed by atoms with Crippen LogP contribution in [0.5, 0.6) is 0 Å². The first-order chi connectivity index (χ1) is 12.6. The molecule has 1 atom stereocenters. The summed E-state index contributed by atoms with van der Waals surface area (Å²) >= 11 is 0. The van der Waals surface area contributed by atoms with E-state index in [-0.39, 0.29) is 17.9 Å². The number of hydrogen-bond donors (Lipinski definition) is 0. The molecule has 2 fully saturated rings. The summed E-state index contributed by atoms with van der Waals surface area (Å²) in [6.07, 6.45) is 1.59. The van der Waals surface area contributed by atoms with Crippen LogP contribution in [0.15, 0.2) is 0 Å². The predicted octanol–water partition coefficient (Wildman–Crippen LogP) is 0.340. The fraction of sp³-hybridized carbons (Fsp3) is 0.882. The normalized spacial score (nSPS) is 22.9. The standard InChI is InChI=1S/C17H30N6O3/c1-13(2)21-6-4-14(5-7-21)17(24)22-8-11-26-15(12-22)16-18-19-20-23(16)9-10-25-3/h13-15H,4-12H2,1-3H3. The number of ether oxygens (including phenoxy) is 2. The third-order valence-electron chi connectivity index (χ3n) is 5.34. The zero-order chi connectivity index (χ0) is 18.5. The minimum atomic E-state index is -0.282. The Morgan fingerprint density at radius 3 is 2.77 bits per heavy atom. The number of nitrogens with zero attached hydrogens (tertiary/aromatic N) is 6. The zero-order valence-electron chi connectivity index (χ0n) is 16.0. The second-order valence-corrected chi connectivity index (χ2v) is 7.30. The summed E-state index contributed by atoms with van der Waals surface area (Å²) in [6, 6.07) is 0.546. The molecular formula is C17H30N6O3. The highest BCUT2D eigenvalue weighted by Crippen LogP contribution is 2.25. The van der Waals surface area contributed by atoms with Gasteiger partial charge in [0.1, 0.15) is 6.10 Å². The van der Waals surface area contributed by atoms with Crippen LogP contribution in [-0.4, -0.2) is 88.5 Å². The van der Waals surface area contributed by atoms with Crippen LogP contribution in [0.1, 0.15) is 38.6 Å². The lowest BCUT2D eigenvalue weighted by Crippen LogP contribution is -2.48. The molecule has 1 aromatic rings. The third kappa shape index (κ3) is 4.39. The highest BCUT2D eigenvalue weighted by atomic mass is 16.5. The largest absolute Gasteiger partial charge is 0.383 e. The van der Waals surface area contributed by atoms with Crippen molar-refractivity contribution < 1.29 is 14.3 Å². The first kappa shape index (κ1) is 19.2. The van der Waals surface area contributed by atoms with Gasteiger partial charge in [0.15, 0.2) is 5.82 Å². The predicted molar refractivity (Wildman–Crippen MR) is 94.4 cm³/mol. The van der Waals surface area contributed by atoms with Crippen molar-refractivity contribution in [3.05, 3.63) is 5.82 Å². The van der Waals surface area contributed by atoms with Crippen LogP contribution < -0.4 is 0 Å². The highest BCUT2D eigenvalue weighted by molar-refractivity contribution is 5.79. The van der Waals surface area contributed by atoms with Crippen molar-refractivity contribution in [2.24, 2.45) is 5.92 Å². The van der Waals surface area contributed by atoms with Gasteiger partial charge < -0.3 is 19.3 Å². The average Bonchev–Trinajstić information content (AvgIpc) is 3.14. The van der Waals surface area contributed by atoms with Gasteiger partial charge in [-0.15, -0.1) is 5.10 Å². The number of morpholine rings is 1. The lowest BCUT2D eigenvalue weighted by molar-refractivity contribution is -0.145. The SMILES string of the molecule is COCCn1nnnc1C1CN(C(=O)C2CCN(C(C)C)CC2)CCO1. The van der Waals surface area contributed by atoms with Crippen molar-refractivity contribution in [1.29, 1.82) is 0 Å². The topological polar surface area (TPSA) is 85.6 Å². The Morgan fingerprint density at radius 1 is 1.31 bits per heavy atom. The fourth-order valence-electron chi connectivity index (χ4n) is 3.71. The lowest BCUT2D eigenvalue weighted by atomic mass is 9.94. The van der Waals surface area contributed by atoms with Gasteiger partial charge >= 0.3 is 0 Å². The third-order valence-corrected chi connectivity index (χ3v) is 5.34. The van der Waals surface area contributed by atoms with E-state index in [1.54, 1.807) is 11.8 Å². The average molecular weight is 366 g/mol. The van der Waals surface area contributed by atoms with Crippen LogP contribution in [0, 0.1) is 5.92 Å². The van der Waals surface area contributed by atoms with Gasteiger partial charge in [-0.25, -0.2) is 4.68 Å². The molecule has 2 aliphatic rings. The molecule has 3 rings (SSSR count). The molecule has 1 amide bonds. The second-order valence-electron chi connectivity index (χ2n) is 7.30. The van der Waals surface area contributed by atoms with Gasteiger partial charge in [-0.2, -0.15) is 0 Å². The van der Waals surface area contributed by atoms with Gasteiger partial charge in [0.2, 0.25) is 5.91 Å². The summed E-state index contributed by atoms with van der Waals surface area (Å²) in [5.74, 6) is 1.03. The maximum atomic E-state index is 13.0. The summed E-state index contributed by atoms with van der Waals surface area (Å²) < 4.78 is 12.6. The molecule has 26 heavy (non-hydrogen) atoms. The van der Waals surface area contributed by atoms with Gasteiger partial charge in [0.25, 0.3) is 0 Å². The number of aromatic nitrogens is 4. The quantitative estimate of drug-likeness (QED) is 0.718. The fourth-order valence-corrected chi connectivity index (χ4v) is 3.71. The Hall–Kier alpha value is -1.58. The van der Waals surface area contributed by atoms with Gasteiger partial charge in [0, 0.05) is 25.6 Å². The summed E-state index contributed by atoms with van der Waals surface area (Å²) in [4.78, 5) is 17.3. The molecule has 0 N–H and O–H groups in total. The van der Waals surface area contributed by atoms with Crippen LogP contribution in [0.25, 0.3) is 0 Å². The molecule has 1 aromatic heterocycles. The minimum Gasteiger partial charge on any atom is -0.383 e. The molecule has 9 heteroatoms. The van der Waals surface area contributed by atoms with Gasteiger partial charge in [-0.05, 0) is 50.2 Å². The molecule has 9 nitrogen and oxygen atoms in total. The molecule has 2 saturated heterocycles. The maximum absolute atomic E-state index is 13.0. The zero-order valence-corrected chi connectivity index (χ0v) is 16.0. The van der Waals surface area contributed by atoms with E-state index in [2.05, 4.69) is 34.3 Å². The van der Waals surface area contributed by atoms with Gasteiger partial charge in [-0.3, -0.25) is 4.79 Å². The first-order valence-corrected chi connectivity index (χ1v) is 9.49. The molecule has 0 aliphatic carbocycles. The molecule has 3 heterocycles. The number of carbonyl (C=O) groups excluding carboxylic acids is 1. The highest BCUT2D eigenvalue weighted by Gasteiger charge is 2.34. The molecule has 146 valence electrons. The van der Waals surface area contributed by atoms with Crippen LogP contribution in [0.4, 0.5) is 0 Å². The summed E-state index contributed by atoms with van der Waals surface area (Å²) in [5, 5.41) is 11.9. The van der Waals surface area contributed by atoms with Crippen LogP contribution in [0.2, 0.25) is 0 Å². The number of hydrogen-bond acceptors (Lipinski definition) is 7. The van der Waals surface area contributed by atoms with Crippen molar-refractivity contribution in [2.45, 2.75) is 45.4 Å². The van der Waals surface area contributed by atoms with Crippen molar-refractivity contribution in [1.82, 2.24) is 30.0 Å². The molecule has 2 aliphatic heterocycles. The number of tetrazole rings is 1. The van der Waals surface area contributed by atoms with E-state index < -0.39 is 0 Å². The molecular weight excluding hydrogens is 336 g/mol. The van der Waals surface area contributed by atoms with Crippen molar-refractivity contribution >= 4 is 5.91 Å². The molecule has 0 spiro atoms. The maximum Gasteiger partial charge on any atom is 0.225 e. The van der Waals surface area contributed by atoms with Crippen LogP contribution in [0.3, 0.4) is 0 Å². The summed E-state index contributed by atoms with van der Waals surface area (Å²) in [7, 11) is 1.64. The van der Waals surface area contributed by atoms with E-state index >= 15 is 0 Å². The van der Waals surface area contributed by atoms with E-state index in [1.165, 1.54) is 0 Å². The molecule has 0 aromatic carbocycles. The molecule has 0 radical (unpaired) electrons. The molecule has 0 bridgehead atoms. The number of amides is 1. The number of piperidine rings is 1. The van der Waals surface area contributed by atoms with Crippen molar-refractivity contribution in [2.75, 3.05) is 46.5 Å². The Bertz CT molecular complexity index is 585. The summed E-state index contributed by atoms with van der Waals surface area (Å²) in [5.41, 5.74) is 0. The Morgan fingerprint density at radius 2 is 2.08 bits per heavy atom. The molecule has 1 unspecified atom stereocenters. The van der Waals surface area contributed by atoms with E-state index in [9.17, 15) is 4.79 Å². The number of carbonyl (C=O) groups is 1. The lowest BCUT2D eigenvalue weighted by Gasteiger charge is -2.38. The van der Waals surface area contributed by atoms with E-state index in [0.717, 1.165) is 25.9 Å². The number of methoxy groups -OCH3 is 1. The van der Waals surface area contributed by atoms with Crippen molar-refractivity contribution in [3.63, 3.8) is 0 Å². The molecule has 0 saturated carbocycles. The second kappa shape index (κ2) is 8.88.